The molecule has 1 atom stereocenters. The molecular formula is C18H25F2NO3S. The molecule has 0 bridgehead atoms. The maximum Gasteiger partial charge on any atom is 0.311 e. The van der Waals surface area contributed by atoms with Crippen molar-refractivity contribution in [3.8, 4) is 0 Å². The summed E-state index contributed by atoms with van der Waals surface area (Å²) in [6, 6.07) is 3.06. The molecule has 7 heteroatoms. The van der Waals surface area contributed by atoms with Crippen molar-refractivity contribution >= 4 is 22.7 Å². The second-order valence-electron chi connectivity index (χ2n) is 7.34. The lowest BCUT2D eigenvalue weighted by atomic mass is 9.88. The monoisotopic (exact) mass is 373 g/mol. The van der Waals surface area contributed by atoms with Gasteiger partial charge in [-0.15, -0.1) is 0 Å². The normalized spacial score (nSPS) is 14.2. The van der Waals surface area contributed by atoms with Crippen LogP contribution in [0, 0.1) is 17.0 Å². The van der Waals surface area contributed by atoms with E-state index < -0.39 is 38.8 Å². The summed E-state index contributed by atoms with van der Waals surface area (Å²) in [5.74, 6) is -1.89. The van der Waals surface area contributed by atoms with Crippen molar-refractivity contribution in [3.05, 3.63) is 41.5 Å². The molecule has 4 nitrogen and oxygen atoms in total. The van der Waals surface area contributed by atoms with Crippen molar-refractivity contribution in [2.45, 2.75) is 45.8 Å². The Labute approximate surface area is 150 Å². The molecule has 0 heterocycles. The Balaban J connectivity index is 3.25. The van der Waals surface area contributed by atoms with Gasteiger partial charge in [0.05, 0.1) is 17.3 Å². The summed E-state index contributed by atoms with van der Waals surface area (Å²) in [6.07, 6.45) is 1.84. The highest BCUT2D eigenvalue weighted by molar-refractivity contribution is 7.84. The smallest absolute Gasteiger partial charge is 0.311 e. The first kappa shape index (κ1) is 21.3. The van der Waals surface area contributed by atoms with Crippen LogP contribution >= 0.6 is 0 Å². The average Bonchev–Trinajstić information content (AvgIpc) is 2.48. The van der Waals surface area contributed by atoms with Crippen LogP contribution in [0.1, 0.15) is 46.6 Å². The summed E-state index contributed by atoms with van der Waals surface area (Å²) in [6.45, 7) is 8.72. The number of hydrogen-bond donors (Lipinski definition) is 1. The topological polar surface area (TPSA) is 55.4 Å². The molecule has 1 aromatic rings. The Morgan fingerprint density at radius 3 is 2.12 bits per heavy atom. The minimum Gasteiger partial charge on any atom is -0.469 e. The number of carbonyl (C=O) groups excluding carboxylic acids is 1. The number of benzene rings is 1. The Kier molecular flexibility index (Phi) is 6.88. The van der Waals surface area contributed by atoms with E-state index in [4.69, 9.17) is 4.74 Å². The van der Waals surface area contributed by atoms with E-state index in [0.29, 0.717) is 5.70 Å². The number of methoxy groups -OCH3 is 1. The molecule has 0 aromatic heterocycles. The summed E-state index contributed by atoms with van der Waals surface area (Å²) < 4.78 is 46.5. The van der Waals surface area contributed by atoms with E-state index in [0.717, 1.165) is 18.2 Å². The molecule has 0 amide bonds. The molecule has 1 rings (SSSR count). The number of esters is 1. The van der Waals surface area contributed by atoms with Gasteiger partial charge in [-0.05, 0) is 53.2 Å². The van der Waals surface area contributed by atoms with Crippen LogP contribution in [-0.2, 0) is 20.5 Å². The maximum absolute atomic E-state index is 13.6. The average molecular weight is 373 g/mol. The Morgan fingerprint density at radius 1 is 1.16 bits per heavy atom. The van der Waals surface area contributed by atoms with Gasteiger partial charge in [-0.1, -0.05) is 6.08 Å². The summed E-state index contributed by atoms with van der Waals surface area (Å²) in [5.41, 5.74) is -0.323. The zero-order chi connectivity index (χ0) is 19.4. The quantitative estimate of drug-likeness (QED) is 0.768. The highest BCUT2D eigenvalue weighted by Crippen LogP contribution is 2.26. The lowest BCUT2D eigenvalue weighted by Crippen LogP contribution is -2.32. The third-order valence-corrected chi connectivity index (χ3v) is 5.00. The fourth-order valence-electron chi connectivity index (χ4n) is 1.90. The summed E-state index contributed by atoms with van der Waals surface area (Å²) in [5, 5.41) is 0. The minimum atomic E-state index is -1.50. The molecule has 0 aliphatic carbocycles. The molecule has 0 radical (unpaired) electrons. The molecule has 0 fully saturated rings. The zero-order valence-corrected chi connectivity index (χ0v) is 16.2. The zero-order valence-electron chi connectivity index (χ0n) is 15.4. The number of rotatable bonds is 6. The lowest BCUT2D eigenvalue weighted by Gasteiger charge is -2.23. The van der Waals surface area contributed by atoms with Crippen molar-refractivity contribution in [2.75, 3.05) is 7.11 Å². The fraction of sp³-hybridized carbons (Fsp3) is 0.500. The lowest BCUT2D eigenvalue weighted by molar-refractivity contribution is -0.150. The van der Waals surface area contributed by atoms with E-state index in [1.807, 2.05) is 0 Å². The largest absolute Gasteiger partial charge is 0.469 e. The second kappa shape index (κ2) is 8.08. The third kappa shape index (κ3) is 6.23. The van der Waals surface area contributed by atoms with Gasteiger partial charge in [-0.25, -0.2) is 13.0 Å². The van der Waals surface area contributed by atoms with Gasteiger partial charge in [-0.3, -0.25) is 4.79 Å². The SMILES string of the molecule is COC(=O)C(C)(C)CC=C(NS(=O)C(C)(C)C)c1cc(F)cc(F)c1. The third-order valence-electron chi connectivity index (χ3n) is 3.49. The van der Waals surface area contributed by atoms with Crippen LogP contribution < -0.4 is 4.72 Å². The summed E-state index contributed by atoms with van der Waals surface area (Å²) in [4.78, 5) is 11.8. The van der Waals surface area contributed by atoms with Crippen molar-refractivity contribution in [2.24, 2.45) is 5.41 Å². The Bertz CT molecular complexity index is 674. The van der Waals surface area contributed by atoms with E-state index in [9.17, 15) is 17.8 Å². The first-order valence-electron chi connectivity index (χ1n) is 7.80. The van der Waals surface area contributed by atoms with Crippen LogP contribution in [0.4, 0.5) is 8.78 Å². The van der Waals surface area contributed by atoms with Gasteiger partial charge in [0, 0.05) is 17.3 Å². The van der Waals surface area contributed by atoms with Gasteiger partial charge in [0.2, 0.25) is 0 Å². The molecule has 0 spiro atoms. The second-order valence-corrected chi connectivity index (χ2v) is 9.31. The van der Waals surface area contributed by atoms with Gasteiger partial charge in [0.15, 0.2) is 0 Å². The minimum absolute atomic E-state index is 0.218. The highest BCUT2D eigenvalue weighted by atomic mass is 32.2. The molecule has 1 unspecified atom stereocenters. The van der Waals surface area contributed by atoms with E-state index in [-0.39, 0.29) is 12.0 Å². The van der Waals surface area contributed by atoms with E-state index in [1.165, 1.54) is 7.11 Å². The van der Waals surface area contributed by atoms with Crippen LogP contribution in [0.15, 0.2) is 24.3 Å². The number of halogens is 2. The van der Waals surface area contributed by atoms with Crippen molar-refractivity contribution in [1.82, 2.24) is 4.72 Å². The van der Waals surface area contributed by atoms with E-state index in [2.05, 4.69) is 4.72 Å². The number of carbonyl (C=O) groups is 1. The molecule has 25 heavy (non-hydrogen) atoms. The predicted octanol–water partition coefficient (Wildman–Crippen LogP) is 3.95. The first-order chi connectivity index (χ1) is 11.4. The maximum atomic E-state index is 13.6. The predicted molar refractivity (Wildman–Crippen MR) is 95.8 cm³/mol. The van der Waals surface area contributed by atoms with Gasteiger partial charge in [0.1, 0.15) is 22.6 Å². The van der Waals surface area contributed by atoms with Crippen molar-refractivity contribution in [3.63, 3.8) is 0 Å². The first-order valence-corrected chi connectivity index (χ1v) is 8.95. The van der Waals surface area contributed by atoms with E-state index >= 15 is 0 Å². The fourth-order valence-corrected chi connectivity index (χ4v) is 2.60. The molecule has 1 N–H and O–H groups in total. The van der Waals surface area contributed by atoms with Gasteiger partial charge < -0.3 is 9.46 Å². The molecule has 140 valence electrons. The van der Waals surface area contributed by atoms with Gasteiger partial charge in [-0.2, -0.15) is 0 Å². The van der Waals surface area contributed by atoms with Crippen LogP contribution in [0.25, 0.3) is 5.70 Å². The van der Waals surface area contributed by atoms with Gasteiger partial charge >= 0.3 is 5.97 Å². The molecule has 0 saturated heterocycles. The van der Waals surface area contributed by atoms with Crippen molar-refractivity contribution in [1.29, 1.82) is 0 Å². The number of hydrogen-bond acceptors (Lipinski definition) is 3. The molecular weight excluding hydrogens is 348 g/mol. The van der Waals surface area contributed by atoms with Crippen molar-refractivity contribution < 1.29 is 22.5 Å². The van der Waals surface area contributed by atoms with Crippen LogP contribution in [-0.4, -0.2) is 22.0 Å². The van der Waals surface area contributed by atoms with Crippen LogP contribution in [0.5, 0.6) is 0 Å². The summed E-state index contributed by atoms with van der Waals surface area (Å²) >= 11 is 0. The van der Waals surface area contributed by atoms with E-state index in [1.54, 1.807) is 40.7 Å². The highest BCUT2D eigenvalue weighted by Gasteiger charge is 2.28. The number of allylic oxidation sites excluding steroid dienone is 1. The van der Waals surface area contributed by atoms with Gasteiger partial charge in [0.25, 0.3) is 0 Å². The molecule has 0 aliphatic heterocycles. The van der Waals surface area contributed by atoms with Crippen LogP contribution in [0.2, 0.25) is 0 Å². The summed E-state index contributed by atoms with van der Waals surface area (Å²) in [7, 11) is -0.206. The Morgan fingerprint density at radius 2 is 1.68 bits per heavy atom. The number of ether oxygens (including phenoxy) is 1. The molecule has 0 aliphatic rings. The number of nitrogens with one attached hydrogen (secondary N) is 1. The molecule has 1 aromatic carbocycles. The van der Waals surface area contributed by atoms with Crippen LogP contribution in [0.3, 0.4) is 0 Å². The Hall–Kier alpha value is -1.76. The molecule has 0 saturated carbocycles. The standard InChI is InChI=1S/C18H25F2NO3S/c1-17(2,3)25(23)21-15(7-8-18(4,5)16(22)24-6)12-9-13(19)11-14(20)10-12/h7,9-11,21H,8H2,1-6H3.